The van der Waals surface area contributed by atoms with E-state index in [0.717, 1.165) is 17.7 Å². The summed E-state index contributed by atoms with van der Waals surface area (Å²) in [6, 6.07) is 7.82. The molecule has 0 saturated heterocycles. The highest BCUT2D eigenvalue weighted by Crippen LogP contribution is 2.15. The first-order valence-corrected chi connectivity index (χ1v) is 7.73. The first-order valence-electron chi connectivity index (χ1n) is 7.73. The van der Waals surface area contributed by atoms with Crippen LogP contribution in [0.4, 0.5) is 0 Å². The van der Waals surface area contributed by atoms with Crippen molar-refractivity contribution in [3.05, 3.63) is 29.8 Å². The molecule has 1 aromatic carbocycles. The van der Waals surface area contributed by atoms with E-state index in [9.17, 15) is 9.59 Å². The van der Waals surface area contributed by atoms with Crippen molar-refractivity contribution < 1.29 is 19.4 Å². The van der Waals surface area contributed by atoms with Gasteiger partial charge >= 0.3 is 5.97 Å². The Morgan fingerprint density at radius 2 is 2.00 bits per heavy atom. The molecule has 0 aromatic heterocycles. The number of rotatable bonds is 10. The van der Waals surface area contributed by atoms with Crippen LogP contribution in [-0.2, 0) is 9.59 Å². The van der Waals surface area contributed by atoms with E-state index in [0.29, 0.717) is 25.8 Å². The van der Waals surface area contributed by atoms with Crippen LogP contribution >= 0.6 is 0 Å². The lowest BCUT2D eigenvalue weighted by atomic mass is 10.2. The third-order valence-electron chi connectivity index (χ3n) is 3.32. The van der Waals surface area contributed by atoms with Crippen LogP contribution in [-0.4, -0.2) is 29.6 Å². The van der Waals surface area contributed by atoms with Crippen LogP contribution in [0.15, 0.2) is 24.3 Å². The third-order valence-corrected chi connectivity index (χ3v) is 3.32. The minimum absolute atomic E-state index is 0.0586. The number of aliphatic carboxylic acids is 1. The number of unbranched alkanes of at least 4 members (excludes halogenated alkanes) is 1. The van der Waals surface area contributed by atoms with E-state index in [2.05, 4.69) is 5.32 Å². The highest BCUT2D eigenvalue weighted by atomic mass is 16.5. The van der Waals surface area contributed by atoms with Crippen LogP contribution in [0.25, 0.3) is 0 Å². The maximum atomic E-state index is 11.7. The van der Waals surface area contributed by atoms with Crippen molar-refractivity contribution in [2.24, 2.45) is 0 Å². The Kier molecular flexibility index (Phi) is 8.04. The van der Waals surface area contributed by atoms with Crippen molar-refractivity contribution in [1.82, 2.24) is 5.32 Å². The summed E-state index contributed by atoms with van der Waals surface area (Å²) in [5.41, 5.74) is 1.13. The first kappa shape index (κ1) is 18.0. The van der Waals surface area contributed by atoms with Crippen LogP contribution in [0.1, 0.15) is 44.6 Å². The van der Waals surface area contributed by atoms with E-state index in [4.69, 9.17) is 9.84 Å². The van der Waals surface area contributed by atoms with Crippen molar-refractivity contribution in [1.29, 1.82) is 0 Å². The lowest BCUT2D eigenvalue weighted by molar-refractivity contribution is -0.137. The van der Waals surface area contributed by atoms with Crippen LogP contribution in [0.2, 0.25) is 0 Å². The van der Waals surface area contributed by atoms with Crippen molar-refractivity contribution in [2.45, 2.75) is 52.1 Å². The number of carbonyl (C=O) groups excluding carboxylic acids is 1. The molecule has 5 nitrogen and oxygen atoms in total. The highest BCUT2D eigenvalue weighted by Gasteiger charge is 2.10. The number of carbonyl (C=O) groups is 2. The molecule has 0 heterocycles. The number of hydrogen-bond acceptors (Lipinski definition) is 3. The number of carboxylic acids is 1. The summed E-state index contributed by atoms with van der Waals surface area (Å²) < 4.78 is 5.86. The minimum Gasteiger partial charge on any atom is -0.489 e. The van der Waals surface area contributed by atoms with Crippen molar-refractivity contribution >= 4 is 11.9 Å². The van der Waals surface area contributed by atoms with E-state index in [1.54, 1.807) is 0 Å². The van der Waals surface area contributed by atoms with Crippen LogP contribution in [0, 0.1) is 6.92 Å². The lowest BCUT2D eigenvalue weighted by Gasteiger charge is -2.18. The fourth-order valence-electron chi connectivity index (χ4n) is 2.03. The number of carboxylic acid groups (broad SMARTS) is 1. The Morgan fingerprint density at radius 3 is 2.64 bits per heavy atom. The van der Waals surface area contributed by atoms with Crippen molar-refractivity contribution in [2.75, 3.05) is 6.54 Å². The molecule has 1 aromatic rings. The summed E-state index contributed by atoms with van der Waals surface area (Å²) in [6.07, 6.45) is 2.32. The zero-order chi connectivity index (χ0) is 16.4. The van der Waals surface area contributed by atoms with Gasteiger partial charge in [-0.2, -0.15) is 0 Å². The minimum atomic E-state index is -0.821. The average Bonchev–Trinajstić information content (AvgIpc) is 2.47. The normalized spacial score (nSPS) is 11.7. The third kappa shape index (κ3) is 7.67. The van der Waals surface area contributed by atoms with Crippen molar-refractivity contribution in [3.63, 3.8) is 0 Å². The lowest BCUT2D eigenvalue weighted by Crippen LogP contribution is -2.34. The molecule has 0 aliphatic heterocycles. The van der Waals surface area contributed by atoms with E-state index in [1.807, 2.05) is 38.1 Å². The zero-order valence-electron chi connectivity index (χ0n) is 13.3. The Balaban J connectivity index is 2.28. The van der Waals surface area contributed by atoms with Gasteiger partial charge in [-0.05, 0) is 43.9 Å². The van der Waals surface area contributed by atoms with Gasteiger partial charge in [0, 0.05) is 12.8 Å². The Labute approximate surface area is 131 Å². The summed E-state index contributed by atoms with van der Waals surface area (Å²) in [5, 5.41) is 11.4. The molecule has 0 aliphatic carbocycles. The summed E-state index contributed by atoms with van der Waals surface area (Å²) in [4.78, 5) is 22.1. The maximum Gasteiger partial charge on any atom is 0.303 e. The smallest absolute Gasteiger partial charge is 0.303 e. The molecule has 0 aliphatic rings. The molecule has 2 N–H and O–H groups in total. The van der Waals surface area contributed by atoms with Gasteiger partial charge in [0.1, 0.15) is 11.9 Å². The topological polar surface area (TPSA) is 75.6 Å². The second kappa shape index (κ2) is 9.82. The Bertz CT molecular complexity index is 487. The van der Waals surface area contributed by atoms with Gasteiger partial charge in [0.15, 0.2) is 0 Å². The molecule has 1 rings (SSSR count). The van der Waals surface area contributed by atoms with E-state index >= 15 is 0 Å². The van der Waals surface area contributed by atoms with Gasteiger partial charge in [-0.3, -0.25) is 9.59 Å². The fourth-order valence-corrected chi connectivity index (χ4v) is 2.03. The van der Waals surface area contributed by atoms with Gasteiger partial charge in [-0.25, -0.2) is 0 Å². The molecule has 0 fully saturated rings. The van der Waals surface area contributed by atoms with Gasteiger partial charge < -0.3 is 15.2 Å². The molecule has 0 spiro atoms. The average molecular weight is 307 g/mol. The predicted molar refractivity (Wildman–Crippen MR) is 85.0 cm³/mol. The van der Waals surface area contributed by atoms with Crippen LogP contribution in [0.5, 0.6) is 5.75 Å². The fraction of sp³-hybridized carbons (Fsp3) is 0.529. The number of aryl methyl sites for hydroxylation is 1. The van der Waals surface area contributed by atoms with Gasteiger partial charge in [-0.15, -0.1) is 0 Å². The molecule has 122 valence electrons. The number of hydrogen-bond donors (Lipinski definition) is 2. The highest BCUT2D eigenvalue weighted by molar-refractivity contribution is 5.75. The maximum absolute atomic E-state index is 11.7. The van der Waals surface area contributed by atoms with Gasteiger partial charge in [0.05, 0.1) is 6.54 Å². The molecule has 1 unspecified atom stereocenters. The molecular formula is C17H25NO4. The molecule has 0 bridgehead atoms. The number of amides is 1. The number of nitrogens with one attached hydrogen (secondary N) is 1. The standard InChI is InChI=1S/C17H25NO4/c1-3-14(22-15-8-6-7-13(2)11-15)12-18-16(19)9-4-5-10-17(20)21/h6-8,11,14H,3-5,9-10,12H2,1-2H3,(H,18,19)(H,20,21). The molecule has 0 radical (unpaired) electrons. The quantitative estimate of drug-likeness (QED) is 0.652. The van der Waals surface area contributed by atoms with E-state index in [-0.39, 0.29) is 18.4 Å². The van der Waals surface area contributed by atoms with Gasteiger partial charge in [0.2, 0.25) is 5.91 Å². The zero-order valence-corrected chi connectivity index (χ0v) is 13.3. The van der Waals surface area contributed by atoms with Gasteiger partial charge in [0.25, 0.3) is 0 Å². The van der Waals surface area contributed by atoms with Gasteiger partial charge in [-0.1, -0.05) is 19.1 Å². The molecule has 5 heteroatoms. The van der Waals surface area contributed by atoms with Crippen LogP contribution < -0.4 is 10.1 Å². The Morgan fingerprint density at radius 1 is 1.27 bits per heavy atom. The molecule has 22 heavy (non-hydrogen) atoms. The SMILES string of the molecule is CCC(CNC(=O)CCCCC(=O)O)Oc1cccc(C)c1. The summed E-state index contributed by atoms with van der Waals surface area (Å²) >= 11 is 0. The van der Waals surface area contributed by atoms with E-state index < -0.39 is 5.97 Å². The van der Waals surface area contributed by atoms with E-state index in [1.165, 1.54) is 0 Å². The first-order chi connectivity index (χ1) is 10.5. The second-order valence-electron chi connectivity index (χ2n) is 5.37. The molecular weight excluding hydrogens is 282 g/mol. The summed E-state index contributed by atoms with van der Waals surface area (Å²) in [5.74, 6) is -0.0720. The van der Waals surface area contributed by atoms with Crippen LogP contribution in [0.3, 0.4) is 0 Å². The monoisotopic (exact) mass is 307 g/mol. The second-order valence-corrected chi connectivity index (χ2v) is 5.37. The number of benzene rings is 1. The number of ether oxygens (including phenoxy) is 1. The molecule has 0 saturated carbocycles. The largest absolute Gasteiger partial charge is 0.489 e. The van der Waals surface area contributed by atoms with Crippen molar-refractivity contribution in [3.8, 4) is 5.75 Å². The summed E-state index contributed by atoms with van der Waals surface area (Å²) in [7, 11) is 0. The Hall–Kier alpha value is -2.04. The summed E-state index contributed by atoms with van der Waals surface area (Å²) in [6.45, 7) is 4.48. The molecule has 1 atom stereocenters. The molecule has 1 amide bonds. The predicted octanol–water partition coefficient (Wildman–Crippen LogP) is 2.91.